The summed E-state index contributed by atoms with van der Waals surface area (Å²) in [6.45, 7) is 0.944. The van der Waals surface area contributed by atoms with Crippen molar-refractivity contribution in [1.82, 2.24) is 4.90 Å². The highest BCUT2D eigenvalue weighted by Gasteiger charge is 2.33. The maximum Gasteiger partial charge on any atom is 0.308 e. The maximum atomic E-state index is 11.7. The third-order valence-corrected chi connectivity index (χ3v) is 3.68. The number of carbonyl (C=O) groups is 2. The number of hydrogen-bond acceptors (Lipinski definition) is 4. The van der Waals surface area contributed by atoms with Gasteiger partial charge in [-0.1, -0.05) is 0 Å². The van der Waals surface area contributed by atoms with Gasteiger partial charge in [0.25, 0.3) is 0 Å². The smallest absolute Gasteiger partial charge is 0.308 e. The molecule has 2 rings (SSSR count). The first-order valence-electron chi connectivity index (χ1n) is 6.17. The molecular weight excluding hydrogens is 222 g/mol. The van der Waals surface area contributed by atoms with E-state index >= 15 is 0 Å². The lowest BCUT2D eigenvalue weighted by atomic mass is 9.85. The first-order valence-corrected chi connectivity index (χ1v) is 6.17. The second-order valence-electron chi connectivity index (χ2n) is 4.68. The summed E-state index contributed by atoms with van der Waals surface area (Å²) in [5.41, 5.74) is 0. The lowest BCUT2D eigenvalue weighted by molar-refractivity contribution is -0.152. The number of nitrogens with zero attached hydrogens (tertiary/aromatic N) is 1. The summed E-state index contributed by atoms with van der Waals surface area (Å²) in [4.78, 5) is 24.9. The monoisotopic (exact) mass is 241 g/mol. The van der Waals surface area contributed by atoms with Crippen molar-refractivity contribution in [3.63, 3.8) is 0 Å². The summed E-state index contributed by atoms with van der Waals surface area (Å²) in [6.07, 6.45) is 3.84. The van der Waals surface area contributed by atoms with Crippen LogP contribution in [0.3, 0.4) is 0 Å². The summed E-state index contributed by atoms with van der Waals surface area (Å²) in [5, 5.41) is 0. The van der Waals surface area contributed by atoms with Crippen LogP contribution in [-0.4, -0.2) is 43.3 Å². The van der Waals surface area contributed by atoms with Crippen LogP contribution >= 0.6 is 0 Å². The van der Waals surface area contributed by atoms with E-state index < -0.39 is 0 Å². The molecule has 96 valence electrons. The molecule has 2 fully saturated rings. The summed E-state index contributed by atoms with van der Waals surface area (Å²) in [5.74, 6) is 0.0690. The highest BCUT2D eigenvalue weighted by molar-refractivity contribution is 5.77. The highest BCUT2D eigenvalue weighted by Crippen LogP contribution is 2.29. The van der Waals surface area contributed by atoms with Crippen molar-refractivity contribution in [3.05, 3.63) is 0 Å². The summed E-state index contributed by atoms with van der Waals surface area (Å²) in [7, 11) is 1.43. The quantitative estimate of drug-likeness (QED) is 0.675. The number of carbonyl (C=O) groups excluding carboxylic acids is 2. The molecule has 0 aromatic carbocycles. The highest BCUT2D eigenvalue weighted by atomic mass is 16.5. The van der Waals surface area contributed by atoms with Crippen LogP contribution in [0.5, 0.6) is 0 Å². The molecule has 0 N–H and O–H groups in total. The second-order valence-corrected chi connectivity index (χ2v) is 4.68. The fourth-order valence-corrected chi connectivity index (χ4v) is 2.64. The largest absolute Gasteiger partial charge is 0.469 e. The van der Waals surface area contributed by atoms with Gasteiger partial charge in [0, 0.05) is 6.04 Å². The molecule has 1 aliphatic heterocycles. The molecule has 0 bridgehead atoms. The van der Waals surface area contributed by atoms with Crippen LogP contribution in [0.25, 0.3) is 0 Å². The molecular formula is C12H19NO4. The number of esters is 1. The van der Waals surface area contributed by atoms with Gasteiger partial charge in [0.15, 0.2) is 0 Å². The van der Waals surface area contributed by atoms with Crippen LogP contribution in [0.2, 0.25) is 0 Å². The Morgan fingerprint density at radius 1 is 1.35 bits per heavy atom. The lowest BCUT2D eigenvalue weighted by Crippen LogP contribution is -2.47. The summed E-state index contributed by atoms with van der Waals surface area (Å²) in [6, 6.07) is 0.240. The number of amides is 1. The fourth-order valence-electron chi connectivity index (χ4n) is 2.64. The molecule has 0 aromatic rings. The van der Waals surface area contributed by atoms with E-state index in [4.69, 9.17) is 9.47 Å². The van der Waals surface area contributed by atoms with Crippen molar-refractivity contribution >= 4 is 11.9 Å². The molecule has 0 aromatic heterocycles. The van der Waals surface area contributed by atoms with Gasteiger partial charge >= 0.3 is 5.97 Å². The van der Waals surface area contributed by atoms with E-state index in [-0.39, 0.29) is 23.8 Å². The van der Waals surface area contributed by atoms with Crippen molar-refractivity contribution in [1.29, 1.82) is 0 Å². The molecule has 2 aliphatic rings. The van der Waals surface area contributed by atoms with E-state index in [1.54, 1.807) is 0 Å². The number of rotatable bonds is 2. The molecule has 1 aliphatic carbocycles. The van der Waals surface area contributed by atoms with Gasteiger partial charge in [0.2, 0.25) is 5.91 Å². The third-order valence-electron chi connectivity index (χ3n) is 3.68. The average molecular weight is 241 g/mol. The molecule has 0 radical (unpaired) electrons. The molecule has 1 heterocycles. The Bertz CT molecular complexity index is 297. The standard InChI is InChI=1S/C12H19NO4/c1-16-12(15)9-2-4-10(5-3-9)13-8-17-7-6-11(13)14/h9-10H,2-8H2,1H3/t9-,10-. The molecule has 0 unspecified atom stereocenters. The van der Waals surface area contributed by atoms with Gasteiger partial charge in [-0.2, -0.15) is 0 Å². The van der Waals surface area contributed by atoms with Gasteiger partial charge < -0.3 is 14.4 Å². The zero-order valence-corrected chi connectivity index (χ0v) is 10.2. The average Bonchev–Trinajstić information content (AvgIpc) is 2.39. The van der Waals surface area contributed by atoms with E-state index in [9.17, 15) is 9.59 Å². The first kappa shape index (κ1) is 12.4. The maximum absolute atomic E-state index is 11.7. The molecule has 17 heavy (non-hydrogen) atoms. The van der Waals surface area contributed by atoms with Gasteiger partial charge in [-0.3, -0.25) is 9.59 Å². The molecule has 1 amide bonds. The minimum atomic E-state index is -0.121. The van der Waals surface area contributed by atoms with Gasteiger partial charge in [0.05, 0.1) is 26.1 Å². The zero-order chi connectivity index (χ0) is 12.3. The molecule has 0 atom stereocenters. The Kier molecular flexibility index (Phi) is 3.99. The second kappa shape index (κ2) is 5.49. The van der Waals surface area contributed by atoms with Crippen LogP contribution in [-0.2, 0) is 19.1 Å². The number of ether oxygens (including phenoxy) is 2. The Hall–Kier alpha value is -1.10. The zero-order valence-electron chi connectivity index (χ0n) is 10.2. The molecule has 1 saturated heterocycles. The van der Waals surface area contributed by atoms with Gasteiger partial charge in [0.1, 0.15) is 6.73 Å². The molecule has 1 saturated carbocycles. The van der Waals surface area contributed by atoms with Crippen molar-refractivity contribution < 1.29 is 19.1 Å². The Balaban J connectivity index is 1.86. The molecule has 5 nitrogen and oxygen atoms in total. The fraction of sp³-hybridized carbons (Fsp3) is 0.833. The normalized spacial score (nSPS) is 30.2. The number of hydrogen-bond donors (Lipinski definition) is 0. The van der Waals surface area contributed by atoms with Crippen molar-refractivity contribution in [3.8, 4) is 0 Å². The topological polar surface area (TPSA) is 55.8 Å². The lowest BCUT2D eigenvalue weighted by Gasteiger charge is -2.37. The number of methoxy groups -OCH3 is 1. The first-order chi connectivity index (χ1) is 8.22. The van der Waals surface area contributed by atoms with Crippen molar-refractivity contribution in [2.45, 2.75) is 38.1 Å². The summed E-state index contributed by atoms with van der Waals surface area (Å²) < 4.78 is 10.1. The van der Waals surface area contributed by atoms with E-state index in [0.717, 1.165) is 25.7 Å². The predicted octanol–water partition coefficient (Wildman–Crippen LogP) is 0.925. The van der Waals surface area contributed by atoms with Crippen LogP contribution in [0, 0.1) is 5.92 Å². The summed E-state index contributed by atoms with van der Waals surface area (Å²) >= 11 is 0. The van der Waals surface area contributed by atoms with E-state index in [2.05, 4.69) is 0 Å². The van der Waals surface area contributed by atoms with Gasteiger partial charge in [-0.05, 0) is 25.7 Å². The van der Waals surface area contributed by atoms with Crippen molar-refractivity contribution in [2.24, 2.45) is 5.92 Å². The minimum absolute atomic E-state index is 0.0112. The van der Waals surface area contributed by atoms with Crippen molar-refractivity contribution in [2.75, 3.05) is 20.4 Å². The Morgan fingerprint density at radius 3 is 2.65 bits per heavy atom. The Labute approximate surface area is 101 Å². The van der Waals surface area contributed by atoms with Gasteiger partial charge in [-0.25, -0.2) is 0 Å². The molecule has 0 spiro atoms. The van der Waals surface area contributed by atoms with Crippen LogP contribution in [0.1, 0.15) is 32.1 Å². The van der Waals surface area contributed by atoms with Crippen LogP contribution in [0.4, 0.5) is 0 Å². The van der Waals surface area contributed by atoms with Crippen LogP contribution < -0.4 is 0 Å². The minimum Gasteiger partial charge on any atom is -0.469 e. The predicted molar refractivity (Wildman–Crippen MR) is 60.0 cm³/mol. The van der Waals surface area contributed by atoms with Gasteiger partial charge in [-0.15, -0.1) is 0 Å². The SMILES string of the molecule is COC(=O)[C@H]1CC[C@H](N2COCCC2=O)CC1. The van der Waals surface area contributed by atoms with E-state index in [1.807, 2.05) is 4.90 Å². The molecule has 5 heteroatoms. The third kappa shape index (κ3) is 2.77. The van der Waals surface area contributed by atoms with E-state index in [1.165, 1.54) is 7.11 Å². The van der Waals surface area contributed by atoms with E-state index in [0.29, 0.717) is 19.8 Å². The Morgan fingerprint density at radius 2 is 2.06 bits per heavy atom. The van der Waals surface area contributed by atoms with Crippen LogP contribution in [0.15, 0.2) is 0 Å².